The van der Waals surface area contributed by atoms with Gasteiger partial charge in [0, 0.05) is 62.3 Å². The molecule has 2 fully saturated rings. The fourth-order valence-corrected chi connectivity index (χ4v) is 48.1. The molecule has 0 radical (unpaired) electrons. The molecule has 0 saturated carbocycles. The first-order valence-electron chi connectivity index (χ1n) is 10.7. The predicted octanol–water partition coefficient (Wildman–Crippen LogP) is 3.70. The molecule has 0 aromatic rings. The van der Waals surface area contributed by atoms with Crippen molar-refractivity contribution in [3.8, 4) is 0 Å². The molecule has 0 aliphatic carbocycles. The van der Waals surface area contributed by atoms with Gasteiger partial charge in [0.2, 0.25) is 0 Å². The molecule has 10 heteroatoms. The zero-order valence-electron chi connectivity index (χ0n) is 18.2. The molecule has 27 heavy (non-hydrogen) atoms. The lowest BCUT2D eigenvalue weighted by molar-refractivity contribution is 0.173. The van der Waals surface area contributed by atoms with Crippen molar-refractivity contribution in [2.75, 3.05) is 39.6 Å². The van der Waals surface area contributed by atoms with Gasteiger partial charge in [-0.1, -0.05) is 0 Å². The van der Waals surface area contributed by atoms with E-state index in [-0.39, 0.29) is 0 Å². The molecule has 0 atom stereocenters. The van der Waals surface area contributed by atoms with Crippen molar-refractivity contribution in [1.29, 1.82) is 0 Å². The first-order chi connectivity index (χ1) is 12.9. The maximum absolute atomic E-state index is 6.65. The Morgan fingerprint density at radius 3 is 0.889 bits per heavy atom. The topological polar surface area (TPSA) is 55.4 Å². The summed E-state index contributed by atoms with van der Waals surface area (Å²) >= 11 is 0. The third kappa shape index (κ3) is 5.41. The van der Waals surface area contributed by atoms with E-state index in [9.17, 15) is 0 Å². The van der Waals surface area contributed by atoms with Crippen molar-refractivity contribution in [3.05, 3.63) is 0 Å². The summed E-state index contributed by atoms with van der Waals surface area (Å²) in [6.07, 6.45) is 0. The molecule has 0 spiro atoms. The predicted molar refractivity (Wildman–Crippen MR) is 117 cm³/mol. The monoisotopic (exact) mass is 452 g/mol. The second kappa shape index (κ2) is 10.1. The van der Waals surface area contributed by atoms with E-state index in [0.29, 0.717) is 26.4 Å². The second-order valence-electron chi connectivity index (χ2n) is 7.67. The summed E-state index contributed by atoms with van der Waals surface area (Å²) in [5, 5.41) is 0. The Hall–Kier alpha value is 0.628. The van der Waals surface area contributed by atoms with Crippen LogP contribution in [-0.4, -0.2) is 73.4 Å². The Kier molecular flexibility index (Phi) is 8.93. The zero-order valence-corrected chi connectivity index (χ0v) is 22.2. The lowest BCUT2D eigenvalue weighted by Crippen LogP contribution is -2.75. The van der Waals surface area contributed by atoms with Crippen LogP contribution in [0.2, 0.25) is 28.3 Å². The van der Waals surface area contributed by atoms with Gasteiger partial charge >= 0.3 is 17.1 Å². The summed E-state index contributed by atoms with van der Waals surface area (Å²) in [6.45, 7) is 16.9. The summed E-state index contributed by atoms with van der Waals surface area (Å²) in [6, 6.07) is 0. The van der Waals surface area contributed by atoms with Gasteiger partial charge in [0.1, 0.15) is 0 Å². The highest BCUT2D eigenvalue weighted by atomic mass is 28.5. The van der Waals surface area contributed by atoms with Gasteiger partial charge in [-0.05, 0) is 47.2 Å². The fourth-order valence-electron chi connectivity index (χ4n) is 5.51. The molecule has 0 aromatic carbocycles. The minimum atomic E-state index is -2.32. The number of rotatable bonds is 12. The molecule has 0 aromatic heterocycles. The summed E-state index contributed by atoms with van der Waals surface area (Å²) in [7, 11) is -8.85. The zero-order chi connectivity index (χ0) is 20.0. The lowest BCUT2D eigenvalue weighted by atomic mass is 10.9. The lowest BCUT2D eigenvalue weighted by Gasteiger charge is -2.57. The molecular formula is C17H40O6Si4. The van der Waals surface area contributed by atoms with E-state index in [0.717, 1.165) is 41.6 Å². The van der Waals surface area contributed by atoms with E-state index in [1.54, 1.807) is 0 Å². The van der Waals surface area contributed by atoms with Crippen LogP contribution in [0.15, 0.2) is 0 Å². The van der Waals surface area contributed by atoms with E-state index in [2.05, 4.69) is 41.5 Å². The molecule has 2 heterocycles. The van der Waals surface area contributed by atoms with Gasteiger partial charge < -0.3 is 26.6 Å². The molecule has 160 valence electrons. The Morgan fingerprint density at radius 1 is 0.407 bits per heavy atom. The maximum Gasteiger partial charge on any atom is 0.337 e. The second-order valence-corrected chi connectivity index (χ2v) is 24.8. The van der Waals surface area contributed by atoms with E-state index >= 15 is 0 Å². The van der Waals surface area contributed by atoms with Crippen molar-refractivity contribution in [2.24, 2.45) is 0 Å². The Morgan fingerprint density at radius 2 is 0.667 bits per heavy atom. The summed E-state index contributed by atoms with van der Waals surface area (Å²) in [4.78, 5) is 0. The van der Waals surface area contributed by atoms with E-state index in [1.807, 2.05) is 0 Å². The minimum absolute atomic E-state index is 0.707. The molecule has 0 unspecified atom stereocenters. The van der Waals surface area contributed by atoms with Crippen LogP contribution in [-0.2, 0) is 26.6 Å². The van der Waals surface area contributed by atoms with E-state index in [4.69, 9.17) is 26.6 Å². The third-order valence-electron chi connectivity index (χ3n) is 5.54. The average molecular weight is 453 g/mol. The van der Waals surface area contributed by atoms with Crippen LogP contribution in [0.1, 0.15) is 41.5 Å². The average Bonchev–Trinajstić information content (AvgIpc) is 2.54. The Bertz CT molecular complexity index is 399. The van der Waals surface area contributed by atoms with E-state index in [1.165, 1.54) is 0 Å². The number of hydrogen-bond acceptors (Lipinski definition) is 6. The Balaban J connectivity index is 2.50. The smallest absolute Gasteiger partial charge is 0.337 e. The highest BCUT2D eigenvalue weighted by Crippen LogP contribution is 2.53. The summed E-state index contributed by atoms with van der Waals surface area (Å²) < 4.78 is 39.1. The molecule has 0 N–H and O–H groups in total. The summed E-state index contributed by atoms with van der Waals surface area (Å²) in [5.74, 6) is 0. The van der Waals surface area contributed by atoms with Crippen LogP contribution in [0, 0.1) is 0 Å². The molecule has 2 aliphatic heterocycles. The van der Waals surface area contributed by atoms with Gasteiger partial charge in [0.15, 0.2) is 16.6 Å². The number of fused-ring (bicyclic) bond motifs is 2. The van der Waals surface area contributed by atoms with E-state index < -0.39 is 33.8 Å². The molecule has 2 aliphatic rings. The van der Waals surface area contributed by atoms with Gasteiger partial charge in [-0.3, -0.25) is 0 Å². The molecular weight excluding hydrogens is 413 g/mol. The van der Waals surface area contributed by atoms with Crippen molar-refractivity contribution in [1.82, 2.24) is 0 Å². The fraction of sp³-hybridized carbons (Fsp3) is 1.00. The van der Waals surface area contributed by atoms with Crippen LogP contribution in [0.5, 0.6) is 0 Å². The van der Waals surface area contributed by atoms with Crippen molar-refractivity contribution < 1.29 is 26.6 Å². The largest absolute Gasteiger partial charge is 0.418 e. The number of hydrogen-bond donors (Lipinski definition) is 0. The quantitative estimate of drug-likeness (QED) is 0.421. The van der Waals surface area contributed by atoms with Crippen molar-refractivity contribution >= 4 is 33.8 Å². The third-order valence-corrected chi connectivity index (χ3v) is 34.7. The van der Waals surface area contributed by atoms with Crippen LogP contribution >= 0.6 is 0 Å². The van der Waals surface area contributed by atoms with Crippen LogP contribution < -0.4 is 0 Å². The van der Waals surface area contributed by atoms with Crippen molar-refractivity contribution in [3.63, 3.8) is 0 Å². The van der Waals surface area contributed by atoms with Crippen LogP contribution in [0.25, 0.3) is 0 Å². The SMILES string of the molecule is CCO[Si]12C[Si](OCC)(C[Si](OCC)(OCC)C1)C[Si](OCC)(OCC)C2. The molecule has 2 rings (SSSR count). The van der Waals surface area contributed by atoms with Gasteiger partial charge in [-0.15, -0.1) is 0 Å². The van der Waals surface area contributed by atoms with Gasteiger partial charge in [-0.25, -0.2) is 0 Å². The van der Waals surface area contributed by atoms with Gasteiger partial charge in [0.25, 0.3) is 0 Å². The highest BCUT2D eigenvalue weighted by molar-refractivity contribution is 7.16. The Labute approximate surface area is 170 Å². The maximum atomic E-state index is 6.65. The van der Waals surface area contributed by atoms with Gasteiger partial charge in [0.05, 0.1) is 0 Å². The molecule has 0 amide bonds. The highest BCUT2D eigenvalue weighted by Gasteiger charge is 2.71. The standard InChI is InChI=1S/C17H40O6Si4/c1-7-18-24-13-25(19-8-2,16-26(14-24,20-9-3)21-10-4)17-27(15-24,22-11-5)23-12-6/h7-17H2,1-6H3. The molecule has 6 nitrogen and oxygen atoms in total. The normalized spacial score (nSPS) is 31.8. The minimum Gasteiger partial charge on any atom is -0.418 e. The van der Waals surface area contributed by atoms with Gasteiger partial charge in [-0.2, -0.15) is 0 Å². The van der Waals surface area contributed by atoms with Crippen LogP contribution in [0.3, 0.4) is 0 Å². The van der Waals surface area contributed by atoms with Crippen molar-refractivity contribution in [2.45, 2.75) is 69.9 Å². The first-order valence-corrected chi connectivity index (χ1v) is 20.3. The molecule has 2 bridgehead atoms. The molecule has 2 saturated heterocycles. The van der Waals surface area contributed by atoms with Crippen LogP contribution in [0.4, 0.5) is 0 Å². The first kappa shape index (κ1) is 23.9. The summed E-state index contributed by atoms with van der Waals surface area (Å²) in [5.41, 5.74) is 5.18.